The fourth-order valence-corrected chi connectivity index (χ4v) is 3.00. The zero-order valence-electron chi connectivity index (χ0n) is 14.1. The van der Waals surface area contributed by atoms with E-state index in [0.717, 1.165) is 37.8 Å². The Labute approximate surface area is 147 Å². The van der Waals surface area contributed by atoms with Crippen LogP contribution in [0, 0.1) is 0 Å². The second kappa shape index (κ2) is 8.33. The molecular formula is C20H22N2O3. The molecule has 25 heavy (non-hydrogen) atoms. The van der Waals surface area contributed by atoms with Crippen molar-refractivity contribution in [2.75, 3.05) is 18.0 Å². The molecule has 0 unspecified atom stereocenters. The lowest BCUT2D eigenvalue weighted by Crippen LogP contribution is -2.31. The highest BCUT2D eigenvalue weighted by Gasteiger charge is 2.27. The van der Waals surface area contributed by atoms with Crippen LogP contribution in [0.3, 0.4) is 0 Å². The van der Waals surface area contributed by atoms with Gasteiger partial charge in [0.05, 0.1) is 11.3 Å². The largest absolute Gasteiger partial charge is 0.454 e. The van der Waals surface area contributed by atoms with Crippen LogP contribution in [0.15, 0.2) is 48.5 Å². The van der Waals surface area contributed by atoms with Crippen molar-refractivity contribution in [2.24, 2.45) is 0 Å². The Kier molecular flexibility index (Phi) is 5.67. The SMILES string of the molecule is O=CNCCCCCCN1C(=O)c2ccccc2Oc2ccccc21. The zero-order chi connectivity index (χ0) is 17.5. The molecule has 0 saturated carbocycles. The topological polar surface area (TPSA) is 58.6 Å². The van der Waals surface area contributed by atoms with Crippen LogP contribution < -0.4 is 15.0 Å². The maximum atomic E-state index is 13.0. The molecule has 0 bridgehead atoms. The molecule has 2 aromatic carbocycles. The number of rotatable bonds is 8. The predicted octanol–water partition coefficient (Wildman–Crippen LogP) is 3.75. The van der Waals surface area contributed by atoms with E-state index in [2.05, 4.69) is 5.32 Å². The van der Waals surface area contributed by atoms with Crippen LogP contribution in [-0.4, -0.2) is 25.4 Å². The molecule has 0 saturated heterocycles. The molecule has 3 rings (SSSR count). The molecule has 1 aliphatic heterocycles. The van der Waals surface area contributed by atoms with Gasteiger partial charge in [0.15, 0.2) is 5.75 Å². The van der Waals surface area contributed by atoms with Gasteiger partial charge in [-0.3, -0.25) is 9.59 Å². The Balaban J connectivity index is 1.71. The van der Waals surface area contributed by atoms with Gasteiger partial charge in [-0.15, -0.1) is 0 Å². The molecule has 2 amide bonds. The highest BCUT2D eigenvalue weighted by Crippen LogP contribution is 2.38. The van der Waals surface area contributed by atoms with E-state index in [0.29, 0.717) is 30.2 Å². The van der Waals surface area contributed by atoms with Crippen molar-refractivity contribution in [1.82, 2.24) is 5.32 Å². The summed E-state index contributed by atoms with van der Waals surface area (Å²) in [6, 6.07) is 15.0. The molecule has 0 atom stereocenters. The first-order chi connectivity index (χ1) is 12.3. The summed E-state index contributed by atoms with van der Waals surface area (Å²) in [6.07, 6.45) is 4.62. The number of nitrogens with one attached hydrogen (secondary N) is 1. The summed E-state index contributed by atoms with van der Waals surface area (Å²) in [5, 5.41) is 2.67. The van der Waals surface area contributed by atoms with Crippen molar-refractivity contribution in [3.05, 3.63) is 54.1 Å². The summed E-state index contributed by atoms with van der Waals surface area (Å²) in [5.74, 6) is 1.28. The number of nitrogens with zero attached hydrogens (tertiary/aromatic N) is 1. The van der Waals surface area contributed by atoms with Gasteiger partial charge in [-0.25, -0.2) is 0 Å². The van der Waals surface area contributed by atoms with Gasteiger partial charge in [0.25, 0.3) is 5.91 Å². The van der Waals surface area contributed by atoms with Gasteiger partial charge < -0.3 is 15.0 Å². The van der Waals surface area contributed by atoms with Crippen LogP contribution in [0.2, 0.25) is 0 Å². The van der Waals surface area contributed by atoms with Crippen LogP contribution in [0.5, 0.6) is 11.5 Å². The van der Waals surface area contributed by atoms with Crippen molar-refractivity contribution in [1.29, 1.82) is 0 Å². The summed E-state index contributed by atoms with van der Waals surface area (Å²) >= 11 is 0. The molecule has 0 spiro atoms. The number of fused-ring (bicyclic) bond motifs is 2. The average molecular weight is 338 g/mol. The van der Waals surface area contributed by atoms with E-state index in [1.807, 2.05) is 53.4 Å². The van der Waals surface area contributed by atoms with Crippen LogP contribution in [0.4, 0.5) is 5.69 Å². The monoisotopic (exact) mass is 338 g/mol. The Bertz CT molecular complexity index is 745. The minimum atomic E-state index is -0.0248. The van der Waals surface area contributed by atoms with E-state index in [1.165, 1.54) is 0 Å². The number of para-hydroxylation sites is 3. The van der Waals surface area contributed by atoms with Gasteiger partial charge in [-0.05, 0) is 37.1 Å². The van der Waals surface area contributed by atoms with E-state index in [1.54, 1.807) is 0 Å². The van der Waals surface area contributed by atoms with Crippen molar-refractivity contribution in [3.63, 3.8) is 0 Å². The summed E-state index contributed by atoms with van der Waals surface area (Å²) in [7, 11) is 0. The Morgan fingerprint density at radius 1 is 0.920 bits per heavy atom. The second-order valence-corrected chi connectivity index (χ2v) is 6.01. The first-order valence-corrected chi connectivity index (χ1v) is 8.66. The van der Waals surface area contributed by atoms with Gasteiger partial charge in [0.2, 0.25) is 6.41 Å². The number of carbonyl (C=O) groups excluding carboxylic acids is 2. The number of hydrogen-bond donors (Lipinski definition) is 1. The number of ether oxygens (including phenoxy) is 1. The number of anilines is 1. The number of hydrogen-bond acceptors (Lipinski definition) is 3. The van der Waals surface area contributed by atoms with E-state index in [9.17, 15) is 9.59 Å². The van der Waals surface area contributed by atoms with Crippen molar-refractivity contribution in [3.8, 4) is 11.5 Å². The average Bonchev–Trinajstić information content (AvgIpc) is 2.76. The van der Waals surface area contributed by atoms with Gasteiger partial charge >= 0.3 is 0 Å². The van der Waals surface area contributed by atoms with Crippen molar-refractivity contribution in [2.45, 2.75) is 25.7 Å². The molecule has 1 aliphatic rings. The third kappa shape index (κ3) is 3.99. The van der Waals surface area contributed by atoms with Gasteiger partial charge in [0.1, 0.15) is 5.75 Å². The third-order valence-corrected chi connectivity index (χ3v) is 4.27. The van der Waals surface area contributed by atoms with Crippen molar-refractivity contribution < 1.29 is 14.3 Å². The third-order valence-electron chi connectivity index (χ3n) is 4.27. The fourth-order valence-electron chi connectivity index (χ4n) is 3.00. The highest BCUT2D eigenvalue weighted by atomic mass is 16.5. The van der Waals surface area contributed by atoms with Gasteiger partial charge in [0, 0.05) is 13.1 Å². The lowest BCUT2D eigenvalue weighted by atomic mass is 10.1. The molecule has 1 N–H and O–H groups in total. The molecule has 130 valence electrons. The highest BCUT2D eigenvalue weighted by molar-refractivity contribution is 6.09. The predicted molar refractivity (Wildman–Crippen MR) is 97.2 cm³/mol. The number of unbranched alkanes of at least 4 members (excludes halogenated alkanes) is 3. The Morgan fingerprint density at radius 2 is 1.64 bits per heavy atom. The summed E-state index contributed by atoms with van der Waals surface area (Å²) in [5.41, 5.74) is 1.40. The Morgan fingerprint density at radius 3 is 2.48 bits per heavy atom. The molecular weight excluding hydrogens is 316 g/mol. The van der Waals surface area contributed by atoms with E-state index >= 15 is 0 Å². The first-order valence-electron chi connectivity index (χ1n) is 8.66. The lowest BCUT2D eigenvalue weighted by Gasteiger charge is -2.22. The standard InChI is InChI=1S/C20H22N2O3/c23-15-21-13-7-1-2-8-14-22-17-10-4-6-12-19(17)25-18-11-5-3-9-16(18)20(22)24/h3-6,9-12,15H,1-2,7-8,13-14H2,(H,21,23). The number of carbonyl (C=O) groups is 2. The summed E-state index contributed by atoms with van der Waals surface area (Å²) in [6.45, 7) is 1.35. The van der Waals surface area contributed by atoms with E-state index in [-0.39, 0.29) is 5.91 Å². The minimum absolute atomic E-state index is 0.0248. The van der Waals surface area contributed by atoms with Gasteiger partial charge in [-0.1, -0.05) is 37.1 Å². The number of benzene rings is 2. The minimum Gasteiger partial charge on any atom is -0.454 e. The van der Waals surface area contributed by atoms with Crippen LogP contribution in [0.25, 0.3) is 0 Å². The molecule has 0 radical (unpaired) electrons. The second-order valence-electron chi connectivity index (χ2n) is 6.01. The molecule has 5 nitrogen and oxygen atoms in total. The van der Waals surface area contributed by atoms with Crippen LogP contribution >= 0.6 is 0 Å². The maximum Gasteiger partial charge on any atom is 0.262 e. The molecule has 1 heterocycles. The Hall–Kier alpha value is -2.82. The van der Waals surface area contributed by atoms with E-state index in [4.69, 9.17) is 4.74 Å². The fraction of sp³-hybridized carbons (Fsp3) is 0.300. The van der Waals surface area contributed by atoms with Crippen molar-refractivity contribution >= 4 is 18.0 Å². The lowest BCUT2D eigenvalue weighted by molar-refractivity contribution is -0.109. The zero-order valence-corrected chi connectivity index (χ0v) is 14.1. The first kappa shape index (κ1) is 17.0. The number of amides is 2. The van der Waals surface area contributed by atoms with Crippen LogP contribution in [-0.2, 0) is 4.79 Å². The molecule has 5 heteroatoms. The summed E-state index contributed by atoms with van der Waals surface area (Å²) in [4.78, 5) is 25.0. The molecule has 0 aliphatic carbocycles. The molecule has 2 aromatic rings. The summed E-state index contributed by atoms with van der Waals surface area (Å²) < 4.78 is 5.97. The maximum absolute atomic E-state index is 13.0. The smallest absolute Gasteiger partial charge is 0.262 e. The molecule has 0 fully saturated rings. The van der Waals surface area contributed by atoms with Crippen LogP contribution in [0.1, 0.15) is 36.0 Å². The van der Waals surface area contributed by atoms with E-state index < -0.39 is 0 Å². The van der Waals surface area contributed by atoms with Gasteiger partial charge in [-0.2, -0.15) is 0 Å². The quantitative estimate of drug-likeness (QED) is 0.589. The normalized spacial score (nSPS) is 12.6. The molecule has 0 aromatic heterocycles.